The summed E-state index contributed by atoms with van der Waals surface area (Å²) in [6.45, 7) is 12.1. The van der Waals surface area contributed by atoms with Gasteiger partial charge in [0.05, 0.1) is 5.69 Å². The molecule has 0 aliphatic carbocycles. The van der Waals surface area contributed by atoms with E-state index in [0.29, 0.717) is 10.7 Å². The molecular weight excluding hydrogens is 493 g/mol. The fourth-order valence-corrected chi connectivity index (χ4v) is 7.82. The molecule has 2 aromatic carbocycles. The van der Waals surface area contributed by atoms with E-state index in [4.69, 9.17) is 4.98 Å². The molecule has 3 aromatic rings. The molecule has 1 aliphatic rings. The van der Waals surface area contributed by atoms with Crippen LogP contribution in [0.25, 0.3) is 11.3 Å². The van der Waals surface area contributed by atoms with Crippen molar-refractivity contribution in [2.24, 2.45) is 0 Å². The highest BCUT2D eigenvalue weighted by Gasteiger charge is 2.24. The standard InChI is InChI=1S/C30H38N4OSSi/c1-5-37(6-2,7-3)21-16-25-10-8-9-11-27(25)28-23-36-30(31-28)32-29(35)26-14-12-24(13-15-26)22-34-19-17-33(4)18-20-34/h8-15,23H,5-7,17-20,22H2,1-4H3,(H,31,32,35). The number of aromatic nitrogens is 1. The van der Waals surface area contributed by atoms with Crippen LogP contribution in [0, 0.1) is 11.5 Å². The molecule has 0 radical (unpaired) electrons. The molecule has 7 heteroatoms. The van der Waals surface area contributed by atoms with E-state index in [1.54, 1.807) is 0 Å². The van der Waals surface area contributed by atoms with Crippen molar-refractivity contribution < 1.29 is 4.79 Å². The van der Waals surface area contributed by atoms with Crippen molar-refractivity contribution in [2.75, 3.05) is 38.5 Å². The first kappa shape index (κ1) is 27.3. The minimum Gasteiger partial charge on any atom is -0.304 e. The molecule has 2 heterocycles. The Labute approximate surface area is 226 Å². The van der Waals surface area contributed by atoms with Crippen LogP contribution in [0.3, 0.4) is 0 Å². The van der Waals surface area contributed by atoms with Crippen molar-refractivity contribution >= 4 is 30.4 Å². The van der Waals surface area contributed by atoms with Crippen molar-refractivity contribution in [1.29, 1.82) is 0 Å². The van der Waals surface area contributed by atoms with Gasteiger partial charge in [-0.3, -0.25) is 15.0 Å². The van der Waals surface area contributed by atoms with Crippen LogP contribution in [0.1, 0.15) is 42.3 Å². The third-order valence-electron chi connectivity index (χ3n) is 7.64. The summed E-state index contributed by atoms with van der Waals surface area (Å²) >= 11 is 1.45. The quantitative estimate of drug-likeness (QED) is 0.278. The van der Waals surface area contributed by atoms with E-state index in [0.717, 1.165) is 49.5 Å². The molecule has 1 fully saturated rings. The normalized spacial score (nSPS) is 14.7. The number of amides is 1. The summed E-state index contributed by atoms with van der Waals surface area (Å²) in [6, 6.07) is 19.7. The van der Waals surface area contributed by atoms with Crippen molar-refractivity contribution in [3.63, 3.8) is 0 Å². The molecule has 1 amide bonds. The Morgan fingerprint density at radius 2 is 1.68 bits per heavy atom. The molecule has 1 aromatic heterocycles. The van der Waals surface area contributed by atoms with Crippen molar-refractivity contribution in [1.82, 2.24) is 14.8 Å². The molecule has 37 heavy (non-hydrogen) atoms. The van der Waals surface area contributed by atoms with E-state index in [-0.39, 0.29) is 5.91 Å². The maximum absolute atomic E-state index is 12.9. The molecule has 0 saturated carbocycles. The number of anilines is 1. The van der Waals surface area contributed by atoms with Crippen LogP contribution < -0.4 is 5.32 Å². The van der Waals surface area contributed by atoms with Crippen LogP contribution in [0.4, 0.5) is 5.13 Å². The van der Waals surface area contributed by atoms with Gasteiger partial charge in [0.1, 0.15) is 8.07 Å². The van der Waals surface area contributed by atoms with Gasteiger partial charge >= 0.3 is 0 Å². The average Bonchev–Trinajstić information content (AvgIpc) is 3.40. The van der Waals surface area contributed by atoms with Gasteiger partial charge in [-0.2, -0.15) is 0 Å². The molecule has 0 atom stereocenters. The van der Waals surface area contributed by atoms with Crippen LogP contribution in [-0.4, -0.2) is 62.0 Å². The first-order valence-electron chi connectivity index (χ1n) is 13.3. The Kier molecular flexibility index (Phi) is 9.33. The van der Waals surface area contributed by atoms with E-state index in [9.17, 15) is 4.79 Å². The van der Waals surface area contributed by atoms with Gasteiger partial charge in [0.2, 0.25) is 0 Å². The first-order valence-corrected chi connectivity index (χ1v) is 16.8. The molecule has 1 aliphatic heterocycles. The Hall–Kier alpha value is -2.76. The molecule has 1 saturated heterocycles. The number of hydrogen-bond donors (Lipinski definition) is 1. The lowest BCUT2D eigenvalue weighted by atomic mass is 10.1. The van der Waals surface area contributed by atoms with E-state index < -0.39 is 8.07 Å². The maximum atomic E-state index is 12.9. The summed E-state index contributed by atoms with van der Waals surface area (Å²) in [5.41, 5.74) is 8.45. The number of benzene rings is 2. The van der Waals surface area contributed by atoms with Gasteiger partial charge in [-0.1, -0.05) is 57.0 Å². The van der Waals surface area contributed by atoms with Crippen molar-refractivity contribution in [2.45, 2.75) is 45.4 Å². The summed E-state index contributed by atoms with van der Waals surface area (Å²) in [5.74, 6) is 3.37. The van der Waals surface area contributed by atoms with E-state index >= 15 is 0 Å². The Balaban J connectivity index is 1.42. The summed E-state index contributed by atoms with van der Waals surface area (Å²) < 4.78 is 0. The lowest BCUT2D eigenvalue weighted by molar-refractivity contribution is 0.102. The number of nitrogens with one attached hydrogen (secondary N) is 1. The monoisotopic (exact) mass is 530 g/mol. The number of hydrogen-bond acceptors (Lipinski definition) is 5. The van der Waals surface area contributed by atoms with E-state index in [1.165, 1.54) is 35.0 Å². The number of nitrogens with zero attached hydrogens (tertiary/aromatic N) is 3. The summed E-state index contributed by atoms with van der Waals surface area (Å²) in [4.78, 5) is 22.5. The SMILES string of the molecule is CC[Si](C#Cc1ccccc1-c1csc(NC(=O)c2ccc(CN3CCN(C)CC3)cc2)n1)(CC)CC. The second-order valence-electron chi connectivity index (χ2n) is 9.90. The van der Waals surface area contributed by atoms with Gasteiger partial charge in [0.15, 0.2) is 5.13 Å². The van der Waals surface area contributed by atoms with Gasteiger partial charge < -0.3 is 4.90 Å². The molecule has 0 unspecified atom stereocenters. The van der Waals surface area contributed by atoms with Crippen LogP contribution >= 0.6 is 11.3 Å². The molecule has 0 spiro atoms. The van der Waals surface area contributed by atoms with Crippen LogP contribution in [0.5, 0.6) is 0 Å². The lowest BCUT2D eigenvalue weighted by Crippen LogP contribution is -2.43. The zero-order valence-electron chi connectivity index (χ0n) is 22.5. The highest BCUT2D eigenvalue weighted by molar-refractivity contribution is 7.14. The zero-order valence-corrected chi connectivity index (χ0v) is 24.3. The van der Waals surface area contributed by atoms with E-state index in [2.05, 4.69) is 78.7 Å². The fraction of sp³-hybridized carbons (Fsp3) is 0.400. The molecule has 194 valence electrons. The highest BCUT2D eigenvalue weighted by atomic mass is 32.1. The maximum Gasteiger partial charge on any atom is 0.257 e. The number of carbonyl (C=O) groups excluding carboxylic acids is 1. The molecule has 1 N–H and O–H groups in total. The van der Waals surface area contributed by atoms with Crippen LogP contribution in [0.2, 0.25) is 18.1 Å². The summed E-state index contributed by atoms with van der Waals surface area (Å²) in [6.07, 6.45) is 0. The number of likely N-dealkylation sites (N-methyl/N-ethyl adjacent to an activating group) is 1. The molecule has 0 bridgehead atoms. The summed E-state index contributed by atoms with van der Waals surface area (Å²) in [5, 5.41) is 5.58. The van der Waals surface area contributed by atoms with Crippen molar-refractivity contribution in [3.8, 4) is 22.7 Å². The third kappa shape index (κ3) is 6.96. The first-order chi connectivity index (χ1) is 17.9. The second kappa shape index (κ2) is 12.7. The predicted octanol–water partition coefficient (Wildman–Crippen LogP) is 6.21. The van der Waals surface area contributed by atoms with E-state index in [1.807, 2.05) is 29.6 Å². The minimum atomic E-state index is -1.54. The number of thiazole rings is 1. The third-order valence-corrected chi connectivity index (χ3v) is 13.1. The van der Waals surface area contributed by atoms with Gasteiger partial charge in [0, 0.05) is 54.8 Å². The number of carbonyl (C=O) groups is 1. The smallest absolute Gasteiger partial charge is 0.257 e. The number of rotatable bonds is 8. The van der Waals surface area contributed by atoms with Crippen molar-refractivity contribution in [3.05, 3.63) is 70.6 Å². The second-order valence-corrected chi connectivity index (χ2v) is 15.7. The van der Waals surface area contributed by atoms with Gasteiger partial charge in [0.25, 0.3) is 5.91 Å². The minimum absolute atomic E-state index is 0.134. The highest BCUT2D eigenvalue weighted by Crippen LogP contribution is 2.28. The molecule has 4 rings (SSSR count). The zero-order chi connectivity index (χ0) is 26.3. The lowest BCUT2D eigenvalue weighted by Gasteiger charge is -2.32. The average molecular weight is 531 g/mol. The fourth-order valence-electron chi connectivity index (χ4n) is 4.68. The van der Waals surface area contributed by atoms with Gasteiger partial charge in [-0.25, -0.2) is 4.98 Å². The summed E-state index contributed by atoms with van der Waals surface area (Å²) in [7, 11) is 0.629. The van der Waals surface area contributed by atoms with Gasteiger partial charge in [-0.15, -0.1) is 16.9 Å². The topological polar surface area (TPSA) is 48.5 Å². The van der Waals surface area contributed by atoms with Crippen LogP contribution in [0.15, 0.2) is 53.9 Å². The van der Waals surface area contributed by atoms with Gasteiger partial charge in [-0.05, 0) is 48.9 Å². The number of piperazine rings is 1. The molecular formula is C30H38N4OSSi. The Morgan fingerprint density at radius 3 is 2.35 bits per heavy atom. The Bertz CT molecular complexity index is 1240. The largest absolute Gasteiger partial charge is 0.304 e. The predicted molar refractivity (Wildman–Crippen MR) is 159 cm³/mol. The Morgan fingerprint density at radius 1 is 1.00 bits per heavy atom. The van der Waals surface area contributed by atoms with Crippen LogP contribution in [-0.2, 0) is 6.54 Å². The molecule has 5 nitrogen and oxygen atoms in total.